The number of likely N-dealkylation sites (tertiary alicyclic amines) is 1. The molecule has 0 amide bonds. The zero-order chi connectivity index (χ0) is 23.5. The highest BCUT2D eigenvalue weighted by Crippen LogP contribution is 2.71. The quantitative estimate of drug-likeness (QED) is 0.575. The van der Waals surface area contributed by atoms with Crippen molar-refractivity contribution in [2.45, 2.75) is 69.1 Å². The summed E-state index contributed by atoms with van der Waals surface area (Å²) in [5, 5.41) is 12.3. The van der Waals surface area contributed by atoms with E-state index in [9.17, 15) is 5.11 Å². The third-order valence-corrected chi connectivity index (χ3v) is 9.60. The van der Waals surface area contributed by atoms with Crippen LogP contribution in [-0.2, 0) is 28.6 Å². The lowest BCUT2D eigenvalue weighted by Gasteiger charge is -2.66. The van der Waals surface area contributed by atoms with Crippen LogP contribution in [0.5, 0.6) is 11.5 Å². The molecular formula is C29H34N2O3. The van der Waals surface area contributed by atoms with E-state index in [1.165, 1.54) is 22.1 Å². The summed E-state index contributed by atoms with van der Waals surface area (Å²) in [7, 11) is 2.26. The van der Waals surface area contributed by atoms with E-state index >= 15 is 0 Å². The Morgan fingerprint density at radius 3 is 2.88 bits per heavy atom. The van der Waals surface area contributed by atoms with Crippen molar-refractivity contribution < 1.29 is 14.6 Å². The van der Waals surface area contributed by atoms with Crippen molar-refractivity contribution >= 4 is 10.9 Å². The minimum Gasteiger partial charge on any atom is -0.504 e. The van der Waals surface area contributed by atoms with Crippen molar-refractivity contribution in [2.75, 3.05) is 20.2 Å². The number of nitrogens with one attached hydrogen (secondary N) is 1. The van der Waals surface area contributed by atoms with Crippen LogP contribution in [-0.4, -0.2) is 46.8 Å². The second kappa shape index (κ2) is 6.58. The minimum absolute atomic E-state index is 0.245. The highest BCUT2D eigenvalue weighted by atomic mass is 16.5. The molecule has 2 aliphatic carbocycles. The summed E-state index contributed by atoms with van der Waals surface area (Å²) in [6.07, 6.45) is 3.75. The molecule has 2 aromatic carbocycles. The third kappa shape index (κ3) is 2.19. The van der Waals surface area contributed by atoms with Gasteiger partial charge in [0.2, 0.25) is 0 Å². The number of piperidine rings is 1. The van der Waals surface area contributed by atoms with Crippen LogP contribution in [0.4, 0.5) is 0 Å². The molecule has 5 nitrogen and oxygen atoms in total. The van der Waals surface area contributed by atoms with E-state index in [1.807, 2.05) is 6.07 Å². The molecule has 1 spiro atoms. The van der Waals surface area contributed by atoms with Gasteiger partial charge in [-0.3, -0.25) is 0 Å². The second-order valence-corrected chi connectivity index (χ2v) is 11.6. The molecular weight excluding hydrogens is 424 g/mol. The number of hydrogen-bond donors (Lipinski definition) is 2. The first kappa shape index (κ1) is 20.8. The monoisotopic (exact) mass is 458 g/mol. The highest BCUT2D eigenvalue weighted by molar-refractivity contribution is 5.86. The fourth-order valence-electron chi connectivity index (χ4n) is 8.08. The number of benzene rings is 2. The molecule has 7 rings (SSSR count). The number of rotatable bonds is 4. The molecule has 1 saturated heterocycles. The van der Waals surface area contributed by atoms with E-state index in [2.05, 4.69) is 68.0 Å². The summed E-state index contributed by atoms with van der Waals surface area (Å²) >= 11 is 0. The van der Waals surface area contributed by atoms with E-state index in [4.69, 9.17) is 9.47 Å². The van der Waals surface area contributed by atoms with Crippen LogP contribution in [0.15, 0.2) is 36.4 Å². The Morgan fingerprint density at radius 2 is 2.06 bits per heavy atom. The number of phenolic OH excluding ortho intramolecular Hbond substituents is 1. The predicted octanol–water partition coefficient (Wildman–Crippen LogP) is 5.04. The molecule has 2 N–H and O–H groups in total. The maximum atomic E-state index is 11.0. The van der Waals surface area contributed by atoms with Gasteiger partial charge in [-0.15, -0.1) is 0 Å². The summed E-state index contributed by atoms with van der Waals surface area (Å²) in [5.74, 6) is 1.50. The Morgan fingerprint density at radius 1 is 1.24 bits per heavy atom. The van der Waals surface area contributed by atoms with Gasteiger partial charge >= 0.3 is 0 Å². The first-order valence-corrected chi connectivity index (χ1v) is 12.8. The van der Waals surface area contributed by atoms with Crippen molar-refractivity contribution in [2.24, 2.45) is 5.92 Å². The fourth-order valence-corrected chi connectivity index (χ4v) is 8.08. The van der Waals surface area contributed by atoms with Gasteiger partial charge in [0, 0.05) is 35.5 Å². The molecule has 3 aromatic rings. The normalized spacial score (nSPS) is 33.1. The topological polar surface area (TPSA) is 57.7 Å². The molecule has 4 atom stereocenters. The Kier molecular flexibility index (Phi) is 4.03. The van der Waals surface area contributed by atoms with Gasteiger partial charge in [0.25, 0.3) is 0 Å². The summed E-state index contributed by atoms with van der Waals surface area (Å²) in [5.41, 5.74) is 4.69. The van der Waals surface area contributed by atoms with E-state index in [0.717, 1.165) is 50.0 Å². The minimum atomic E-state index is -0.646. The smallest absolute Gasteiger partial charge is 0.166 e. The lowest BCUT2D eigenvalue weighted by atomic mass is 9.45. The average molecular weight is 459 g/mol. The number of phenols is 1. The zero-order valence-corrected chi connectivity index (χ0v) is 20.6. The number of ether oxygens (including phenoxy) is 2. The van der Waals surface area contributed by atoms with Crippen LogP contribution >= 0.6 is 0 Å². The van der Waals surface area contributed by atoms with Gasteiger partial charge in [-0.2, -0.15) is 0 Å². The Hall–Kier alpha value is -2.50. The molecule has 0 radical (unpaired) electrons. The maximum absolute atomic E-state index is 11.0. The average Bonchev–Trinajstić information content (AvgIpc) is 3.31. The molecule has 34 heavy (non-hydrogen) atoms. The summed E-state index contributed by atoms with van der Waals surface area (Å²) in [6, 6.07) is 12.8. The predicted molar refractivity (Wildman–Crippen MR) is 133 cm³/mol. The SMILES string of the molecule is CC(C)CCO[C@@]12Cc3c([nH]c4ccccc34)[C@]3(C)Oc4c(O)ccc5c4[C@@]31CCN(C)[C@@H]2C5. The standard InChI is InChI=1S/C29H34N2O3/c1-17(2)11-14-33-29-16-20-19-7-5-6-8-21(19)30-26(20)27(3)28(29)12-13-31(4)23(29)15-18-9-10-22(32)25(34-27)24(18)28/h5-10,17,23,30,32H,11-16H2,1-4H3/t23-,27+,28+,29-/m1/s1. The van der Waals surface area contributed by atoms with Crippen LogP contribution < -0.4 is 4.74 Å². The van der Waals surface area contributed by atoms with Crippen molar-refractivity contribution in [1.29, 1.82) is 0 Å². The first-order valence-electron chi connectivity index (χ1n) is 12.8. The number of likely N-dealkylation sites (N-methyl/N-ethyl adjacent to an activating group) is 1. The molecule has 1 fully saturated rings. The van der Waals surface area contributed by atoms with Gasteiger partial charge in [-0.1, -0.05) is 38.1 Å². The number of nitrogens with zero attached hydrogens (tertiary/aromatic N) is 1. The Bertz CT molecular complexity index is 1330. The fraction of sp³-hybridized carbons (Fsp3) is 0.517. The molecule has 2 aliphatic heterocycles. The largest absolute Gasteiger partial charge is 0.504 e. The van der Waals surface area contributed by atoms with Crippen molar-refractivity contribution in [3.63, 3.8) is 0 Å². The van der Waals surface area contributed by atoms with Crippen molar-refractivity contribution in [3.05, 3.63) is 58.8 Å². The number of fused-ring (bicyclic) bond motifs is 4. The molecule has 0 saturated carbocycles. The lowest BCUT2D eigenvalue weighted by molar-refractivity contribution is -0.223. The second-order valence-electron chi connectivity index (χ2n) is 11.6. The summed E-state index contributed by atoms with van der Waals surface area (Å²) in [4.78, 5) is 6.29. The molecule has 4 aliphatic rings. The van der Waals surface area contributed by atoms with Gasteiger partial charge in [0.1, 0.15) is 5.60 Å². The van der Waals surface area contributed by atoms with Crippen molar-refractivity contribution in [3.8, 4) is 11.5 Å². The van der Waals surface area contributed by atoms with Crippen molar-refractivity contribution in [1.82, 2.24) is 9.88 Å². The van der Waals surface area contributed by atoms with Crippen LogP contribution in [0.2, 0.25) is 0 Å². The van der Waals surface area contributed by atoms with Gasteiger partial charge in [-0.25, -0.2) is 0 Å². The Labute approximate surface area is 201 Å². The van der Waals surface area contributed by atoms with Crippen LogP contribution in [0.1, 0.15) is 56.0 Å². The highest BCUT2D eigenvalue weighted by Gasteiger charge is 2.78. The third-order valence-electron chi connectivity index (χ3n) is 9.60. The number of aromatic hydroxyl groups is 1. The van der Waals surface area contributed by atoms with Crippen LogP contribution in [0.25, 0.3) is 10.9 Å². The van der Waals surface area contributed by atoms with E-state index < -0.39 is 11.2 Å². The molecule has 178 valence electrons. The molecule has 5 heteroatoms. The number of hydrogen-bond acceptors (Lipinski definition) is 4. The number of para-hydroxylation sites is 1. The van der Waals surface area contributed by atoms with Crippen LogP contribution in [0.3, 0.4) is 0 Å². The zero-order valence-electron chi connectivity index (χ0n) is 20.6. The van der Waals surface area contributed by atoms with Crippen LogP contribution in [0, 0.1) is 5.92 Å². The number of aromatic amines is 1. The summed E-state index contributed by atoms with van der Waals surface area (Å²) < 4.78 is 14.2. The van der Waals surface area contributed by atoms with Gasteiger partial charge in [0.15, 0.2) is 17.1 Å². The first-order chi connectivity index (χ1) is 16.3. The summed E-state index contributed by atoms with van der Waals surface area (Å²) in [6.45, 7) is 8.50. The molecule has 2 bridgehead atoms. The van der Waals surface area contributed by atoms with Gasteiger partial charge < -0.3 is 24.5 Å². The van der Waals surface area contributed by atoms with E-state index in [0.29, 0.717) is 11.7 Å². The van der Waals surface area contributed by atoms with E-state index in [-0.39, 0.29) is 17.2 Å². The molecule has 1 aromatic heterocycles. The molecule has 0 unspecified atom stereocenters. The Balaban J connectivity index is 1.57. The number of H-pyrrole nitrogens is 1. The van der Waals surface area contributed by atoms with Gasteiger partial charge in [-0.05, 0) is 69.0 Å². The molecule has 3 heterocycles. The lowest BCUT2D eigenvalue weighted by Crippen LogP contribution is -2.78. The maximum Gasteiger partial charge on any atom is 0.166 e. The van der Waals surface area contributed by atoms with E-state index in [1.54, 1.807) is 0 Å². The number of aromatic nitrogens is 1. The van der Waals surface area contributed by atoms with Gasteiger partial charge in [0.05, 0.1) is 11.1 Å².